The molecule has 0 bridgehead atoms. The van der Waals surface area contributed by atoms with Gasteiger partial charge in [-0.15, -0.1) is 16.9 Å². The standard InChI is InChI=1S/C31H39N7O2S/c1-19-15-28(41-4)26(30(39)34-19)16-32-31(40)29-21(3)38(27-8-6-5-7-25(27)29)20(2)22-9-11-23(12-10-22)36-17-24(18-36)37-14-13-33-35-37/h5-8,13-15,20,22-24H,9-12,16-18H2,1-4H3,(H,32,40)(H,34,39). The fourth-order valence-corrected chi connectivity index (χ4v) is 7.73. The number of carbonyl (C=O) groups is 1. The van der Waals surface area contributed by atoms with Crippen molar-refractivity contribution in [2.24, 2.45) is 5.92 Å². The zero-order valence-corrected chi connectivity index (χ0v) is 25.1. The predicted octanol–water partition coefficient (Wildman–Crippen LogP) is 4.87. The normalized spacial score (nSPS) is 20.7. The molecule has 4 aromatic rings. The van der Waals surface area contributed by atoms with E-state index < -0.39 is 0 Å². The maximum absolute atomic E-state index is 13.7. The molecule has 1 saturated carbocycles. The first-order valence-electron chi connectivity index (χ1n) is 14.6. The lowest BCUT2D eigenvalue weighted by Crippen LogP contribution is -2.53. The molecular weight excluding hydrogens is 534 g/mol. The molecule has 41 heavy (non-hydrogen) atoms. The Morgan fingerprint density at radius 3 is 2.61 bits per heavy atom. The molecule has 216 valence electrons. The molecule has 0 radical (unpaired) electrons. The van der Waals surface area contributed by atoms with Crippen molar-refractivity contribution in [1.82, 2.24) is 34.8 Å². The Morgan fingerprint density at radius 2 is 1.90 bits per heavy atom. The third-order valence-electron chi connectivity index (χ3n) is 9.31. The van der Waals surface area contributed by atoms with Crippen molar-refractivity contribution in [2.45, 2.75) is 76.0 Å². The highest BCUT2D eigenvalue weighted by molar-refractivity contribution is 7.98. The van der Waals surface area contributed by atoms with Crippen molar-refractivity contribution in [1.29, 1.82) is 0 Å². The Hall–Kier alpha value is -3.37. The van der Waals surface area contributed by atoms with Gasteiger partial charge >= 0.3 is 0 Å². The topological polar surface area (TPSA) is 101 Å². The lowest BCUT2D eigenvalue weighted by Gasteiger charge is -2.47. The zero-order chi connectivity index (χ0) is 28.7. The third kappa shape index (κ3) is 5.23. The number of rotatable bonds is 8. The number of para-hydroxylation sites is 1. The second-order valence-electron chi connectivity index (χ2n) is 11.7. The average Bonchev–Trinajstić information content (AvgIpc) is 3.57. The summed E-state index contributed by atoms with van der Waals surface area (Å²) in [7, 11) is 0. The van der Waals surface area contributed by atoms with Crippen molar-refractivity contribution >= 4 is 28.6 Å². The summed E-state index contributed by atoms with van der Waals surface area (Å²) in [5.41, 5.74) is 4.05. The quantitative estimate of drug-likeness (QED) is 0.292. The lowest BCUT2D eigenvalue weighted by atomic mass is 9.80. The van der Waals surface area contributed by atoms with Gasteiger partial charge in [-0.3, -0.25) is 14.5 Å². The van der Waals surface area contributed by atoms with Crippen LogP contribution in [0.25, 0.3) is 10.9 Å². The molecule has 3 aromatic heterocycles. The van der Waals surface area contributed by atoms with Crippen LogP contribution in [0.2, 0.25) is 0 Å². The summed E-state index contributed by atoms with van der Waals surface area (Å²) in [6.45, 7) is 8.55. The number of thioether (sulfide) groups is 1. The molecule has 1 amide bonds. The van der Waals surface area contributed by atoms with E-state index in [9.17, 15) is 9.59 Å². The summed E-state index contributed by atoms with van der Waals surface area (Å²) < 4.78 is 4.37. The molecule has 2 N–H and O–H groups in total. The zero-order valence-electron chi connectivity index (χ0n) is 24.3. The van der Waals surface area contributed by atoms with Crippen molar-refractivity contribution in [3.63, 3.8) is 0 Å². The third-order valence-corrected chi connectivity index (χ3v) is 10.1. The number of nitrogens with one attached hydrogen (secondary N) is 2. The summed E-state index contributed by atoms with van der Waals surface area (Å²) in [5.74, 6) is 0.416. The monoisotopic (exact) mass is 573 g/mol. The Kier molecular flexibility index (Phi) is 7.78. The minimum atomic E-state index is -0.148. The van der Waals surface area contributed by atoms with E-state index in [0.29, 0.717) is 29.1 Å². The van der Waals surface area contributed by atoms with Crippen molar-refractivity contribution in [2.75, 3.05) is 19.3 Å². The highest BCUT2D eigenvalue weighted by atomic mass is 32.2. The molecule has 9 nitrogen and oxygen atoms in total. The van der Waals surface area contributed by atoms with E-state index in [1.807, 2.05) is 42.3 Å². The van der Waals surface area contributed by atoms with Crippen LogP contribution in [-0.4, -0.2) is 60.7 Å². The number of likely N-dealkylation sites (tertiary alicyclic amines) is 1. The minimum absolute atomic E-state index is 0.139. The van der Waals surface area contributed by atoms with Gasteiger partial charge in [0.05, 0.1) is 17.8 Å². The number of carbonyl (C=O) groups excluding carboxylic acids is 1. The molecule has 1 aliphatic carbocycles. The van der Waals surface area contributed by atoms with Gasteiger partial charge in [0, 0.05) is 70.7 Å². The van der Waals surface area contributed by atoms with Crippen LogP contribution in [0.4, 0.5) is 0 Å². The fourth-order valence-electron chi connectivity index (χ4n) is 7.02. The summed E-state index contributed by atoms with van der Waals surface area (Å²) >= 11 is 1.52. The van der Waals surface area contributed by atoms with E-state index in [0.717, 1.165) is 40.3 Å². The van der Waals surface area contributed by atoms with Gasteiger partial charge in [0.15, 0.2) is 0 Å². The number of benzene rings is 1. The first kappa shape index (κ1) is 27.8. The van der Waals surface area contributed by atoms with Crippen LogP contribution < -0.4 is 10.9 Å². The first-order chi connectivity index (χ1) is 19.9. The fraction of sp³-hybridized carbons (Fsp3) is 0.484. The Morgan fingerprint density at radius 1 is 1.15 bits per heavy atom. The van der Waals surface area contributed by atoms with Gasteiger partial charge < -0.3 is 14.9 Å². The minimum Gasteiger partial charge on any atom is -0.348 e. The Bertz CT molecular complexity index is 1590. The number of aryl methyl sites for hydroxylation is 1. The maximum atomic E-state index is 13.7. The van der Waals surface area contributed by atoms with E-state index in [2.05, 4.69) is 56.1 Å². The summed E-state index contributed by atoms with van der Waals surface area (Å²) in [4.78, 5) is 32.7. The van der Waals surface area contributed by atoms with E-state index in [-0.39, 0.29) is 24.1 Å². The van der Waals surface area contributed by atoms with Crippen LogP contribution >= 0.6 is 11.8 Å². The number of H-pyrrole nitrogens is 1. The molecule has 0 spiro atoms. The SMILES string of the molecule is CSc1cc(C)[nH]c(=O)c1CNC(=O)c1c(C)n(C(C)C2CCC(N3CC(n4ccnn4)C3)CC2)c2ccccc12. The number of pyridine rings is 1. The summed E-state index contributed by atoms with van der Waals surface area (Å²) in [6, 6.07) is 11.5. The second kappa shape index (κ2) is 11.5. The van der Waals surface area contributed by atoms with Crippen molar-refractivity contribution in [3.8, 4) is 0 Å². The molecule has 1 saturated heterocycles. The van der Waals surface area contributed by atoms with Crippen LogP contribution in [0.15, 0.2) is 52.4 Å². The number of aromatic amines is 1. The number of hydrogen-bond acceptors (Lipinski definition) is 6. The predicted molar refractivity (Wildman–Crippen MR) is 163 cm³/mol. The Labute approximate surface area is 244 Å². The van der Waals surface area contributed by atoms with Crippen LogP contribution in [0, 0.1) is 19.8 Å². The molecule has 4 heterocycles. The molecule has 10 heteroatoms. The average molecular weight is 574 g/mol. The van der Waals surface area contributed by atoms with Gasteiger partial charge in [-0.1, -0.05) is 23.4 Å². The van der Waals surface area contributed by atoms with Crippen LogP contribution in [0.3, 0.4) is 0 Å². The largest absolute Gasteiger partial charge is 0.348 e. The van der Waals surface area contributed by atoms with E-state index in [4.69, 9.17) is 0 Å². The highest BCUT2D eigenvalue weighted by Crippen LogP contribution is 2.40. The first-order valence-corrected chi connectivity index (χ1v) is 15.8. The van der Waals surface area contributed by atoms with Crippen LogP contribution in [0.5, 0.6) is 0 Å². The van der Waals surface area contributed by atoms with Gasteiger partial charge in [0.2, 0.25) is 0 Å². The highest BCUT2D eigenvalue weighted by Gasteiger charge is 2.37. The second-order valence-corrected chi connectivity index (χ2v) is 12.5. The van der Waals surface area contributed by atoms with Gasteiger partial charge in [-0.2, -0.15) is 0 Å². The van der Waals surface area contributed by atoms with Gasteiger partial charge in [-0.05, 0) is 70.8 Å². The lowest BCUT2D eigenvalue weighted by molar-refractivity contribution is 0.0241. The van der Waals surface area contributed by atoms with Crippen LogP contribution in [0.1, 0.15) is 72.0 Å². The molecule has 2 aliphatic rings. The number of hydrogen-bond donors (Lipinski definition) is 2. The maximum Gasteiger partial charge on any atom is 0.254 e. The van der Waals surface area contributed by atoms with Crippen molar-refractivity contribution < 1.29 is 4.79 Å². The van der Waals surface area contributed by atoms with E-state index in [1.165, 1.54) is 37.4 Å². The van der Waals surface area contributed by atoms with E-state index in [1.54, 1.807) is 6.20 Å². The smallest absolute Gasteiger partial charge is 0.254 e. The molecular formula is C31H39N7O2S. The Balaban J connectivity index is 1.16. The molecule has 1 atom stereocenters. The molecule has 1 unspecified atom stereocenters. The number of nitrogens with zero attached hydrogens (tertiary/aromatic N) is 5. The van der Waals surface area contributed by atoms with Gasteiger partial charge in [0.1, 0.15) is 0 Å². The van der Waals surface area contributed by atoms with E-state index >= 15 is 0 Å². The summed E-state index contributed by atoms with van der Waals surface area (Å²) in [6.07, 6.45) is 10.4. The van der Waals surface area contributed by atoms with Gasteiger partial charge in [0.25, 0.3) is 11.5 Å². The molecule has 2 fully saturated rings. The molecule has 6 rings (SSSR count). The van der Waals surface area contributed by atoms with Crippen LogP contribution in [-0.2, 0) is 6.54 Å². The van der Waals surface area contributed by atoms with Gasteiger partial charge in [-0.25, -0.2) is 4.68 Å². The number of amides is 1. The number of fused-ring (bicyclic) bond motifs is 1. The van der Waals surface area contributed by atoms with Crippen molar-refractivity contribution in [3.05, 3.63) is 75.6 Å². The summed E-state index contributed by atoms with van der Waals surface area (Å²) in [5, 5.41) is 12.1. The molecule has 1 aromatic carbocycles. The number of aromatic nitrogens is 5. The molecule has 1 aliphatic heterocycles.